The molecule has 2 aromatic carbocycles. The van der Waals surface area contributed by atoms with E-state index in [4.69, 9.17) is 20.7 Å². The molecule has 0 aliphatic rings. The summed E-state index contributed by atoms with van der Waals surface area (Å²) in [7, 11) is 0. The Morgan fingerprint density at radius 1 is 0.962 bits per heavy atom. The van der Waals surface area contributed by atoms with Gasteiger partial charge < -0.3 is 5.21 Å². The summed E-state index contributed by atoms with van der Waals surface area (Å²) < 4.78 is 2.02. The molecular weight excluding hydrogens is 472 g/mol. The molecule has 0 heterocycles. The van der Waals surface area contributed by atoms with Crippen LogP contribution in [-0.4, -0.2) is 28.7 Å². The topological polar surface area (TPSA) is 136 Å². The van der Waals surface area contributed by atoms with E-state index in [0.29, 0.717) is 0 Å². The quantitative estimate of drug-likeness (QED) is 0.228. The van der Waals surface area contributed by atoms with Crippen molar-refractivity contribution < 1.29 is 10.3 Å². The number of rotatable bonds is 4. The molecule has 0 bridgehead atoms. The van der Waals surface area contributed by atoms with E-state index in [1.54, 1.807) is 12.4 Å². The molecule has 0 aliphatic carbocycles. The van der Waals surface area contributed by atoms with Crippen LogP contribution in [-0.2, 0) is 0 Å². The molecule has 11 heteroatoms. The van der Waals surface area contributed by atoms with Crippen LogP contribution >= 0.6 is 31.9 Å². The first kappa shape index (κ1) is 21.3. The molecule has 0 radical (unpaired) electrons. The fourth-order valence-electron chi connectivity index (χ4n) is 1.47. The highest BCUT2D eigenvalue weighted by Gasteiger charge is 1.92. The normalized spacial score (nSPS) is 10.2. The number of benzene rings is 2. The third kappa shape index (κ3) is 10.2. The number of guanidine groups is 1. The van der Waals surface area contributed by atoms with Gasteiger partial charge in [-0.3, -0.25) is 5.41 Å². The lowest BCUT2D eigenvalue weighted by Crippen LogP contribution is -2.29. The molecule has 0 fully saturated rings. The summed E-state index contributed by atoms with van der Waals surface area (Å²) in [6.45, 7) is 0. The lowest BCUT2D eigenvalue weighted by Gasteiger charge is -2.01. The molecule has 26 heavy (non-hydrogen) atoms. The van der Waals surface area contributed by atoms with Crippen molar-refractivity contribution in [3.63, 3.8) is 0 Å². The van der Waals surface area contributed by atoms with Gasteiger partial charge in [0.2, 0.25) is 5.96 Å². The molecule has 0 aliphatic heterocycles. The summed E-state index contributed by atoms with van der Waals surface area (Å²) >= 11 is 6.73. The van der Waals surface area contributed by atoms with Crippen LogP contribution in [0.4, 0.5) is 0 Å². The fraction of sp³-hybridized carbons (Fsp3) is 0. The van der Waals surface area contributed by atoms with Crippen LogP contribution in [0.15, 0.2) is 67.7 Å². The number of hydrogen-bond donors (Lipinski definition) is 4. The molecule has 0 atom stereocenters. The average molecular weight is 486 g/mol. The molecule has 0 saturated carbocycles. The van der Waals surface area contributed by atoms with Gasteiger partial charge in [0, 0.05) is 8.95 Å². The average Bonchev–Trinajstić information content (AvgIpc) is 2.58. The van der Waals surface area contributed by atoms with Gasteiger partial charge in [0.15, 0.2) is 0 Å². The predicted molar refractivity (Wildman–Crippen MR) is 106 cm³/mol. The molecule has 0 amide bonds. The zero-order chi connectivity index (χ0) is 19.4. The Labute approximate surface area is 165 Å². The van der Waals surface area contributed by atoms with Crippen LogP contribution in [0.3, 0.4) is 0 Å². The second kappa shape index (κ2) is 11.7. The summed E-state index contributed by atoms with van der Waals surface area (Å²) in [4.78, 5) is 8.36. The molecule has 2 rings (SSSR count). The summed E-state index contributed by atoms with van der Waals surface area (Å²) in [6.07, 6.45) is 3.25. The van der Waals surface area contributed by atoms with E-state index in [-0.39, 0.29) is 5.96 Å². The van der Waals surface area contributed by atoms with E-state index in [0.717, 1.165) is 20.1 Å². The van der Waals surface area contributed by atoms with Gasteiger partial charge in [-0.05, 0) is 35.4 Å². The zero-order valence-corrected chi connectivity index (χ0v) is 16.3. The van der Waals surface area contributed by atoms with Crippen LogP contribution in [0.2, 0.25) is 0 Å². The summed E-state index contributed by atoms with van der Waals surface area (Å²) in [6, 6.07) is 15.4. The fourth-order valence-corrected chi connectivity index (χ4v) is 1.99. The first-order valence-electron chi connectivity index (χ1n) is 6.88. The largest absolute Gasteiger partial charge is 0.328 e. The number of hydrazone groups is 2. The highest BCUT2D eigenvalue weighted by molar-refractivity contribution is 9.10. The van der Waals surface area contributed by atoms with Crippen molar-refractivity contribution in [1.82, 2.24) is 10.9 Å². The van der Waals surface area contributed by atoms with Crippen molar-refractivity contribution in [3.05, 3.63) is 78.7 Å². The Morgan fingerprint density at radius 3 is 1.58 bits per heavy atom. The van der Waals surface area contributed by atoms with Crippen molar-refractivity contribution in [3.8, 4) is 0 Å². The summed E-state index contributed by atoms with van der Waals surface area (Å²) in [5, 5.41) is 29.2. The highest BCUT2D eigenvalue weighted by atomic mass is 79.9. The van der Waals surface area contributed by atoms with E-state index in [9.17, 15) is 0 Å². The van der Waals surface area contributed by atoms with Crippen LogP contribution in [0.5, 0.6) is 0 Å². The van der Waals surface area contributed by atoms with Crippen molar-refractivity contribution in [2.45, 2.75) is 0 Å². The summed E-state index contributed by atoms with van der Waals surface area (Å²) in [5.41, 5.74) is 6.96. The van der Waals surface area contributed by atoms with Crippen molar-refractivity contribution >= 4 is 50.2 Å². The van der Waals surface area contributed by atoms with Crippen molar-refractivity contribution in [1.29, 1.82) is 5.41 Å². The maximum atomic E-state index is 8.36. The smallest absolute Gasteiger partial charge is 0.291 e. The van der Waals surface area contributed by atoms with Gasteiger partial charge in [-0.2, -0.15) is 10.2 Å². The van der Waals surface area contributed by atoms with Gasteiger partial charge >= 0.3 is 0 Å². The molecule has 0 saturated heterocycles. The van der Waals surface area contributed by atoms with Gasteiger partial charge in [0.25, 0.3) is 5.09 Å². The molecule has 2 aromatic rings. The number of nitrogens with one attached hydrogen (secondary N) is 3. The number of halogens is 2. The Kier molecular flexibility index (Phi) is 9.57. The minimum Gasteiger partial charge on any atom is -0.328 e. The van der Waals surface area contributed by atoms with E-state index in [1.165, 1.54) is 0 Å². The van der Waals surface area contributed by atoms with Crippen molar-refractivity contribution in [2.75, 3.05) is 0 Å². The van der Waals surface area contributed by atoms with E-state index in [2.05, 4.69) is 52.9 Å². The standard InChI is InChI=1S/C15H13Br2N5.HNO3/c16-13-5-1-11(2-6-13)9-19-21-15(18)22-20-10-12-3-7-14(17)8-4-12;2-1(3)4/h1-10H,(H3,18,21,22);(H,2,3,4)/b19-9+,20-10+;. The van der Waals surface area contributed by atoms with Gasteiger partial charge in [0.05, 0.1) is 12.4 Å². The van der Waals surface area contributed by atoms with Gasteiger partial charge in [-0.15, -0.1) is 10.1 Å². The Bertz CT molecular complexity index is 715. The molecule has 0 aromatic heterocycles. The second-order valence-corrected chi connectivity index (χ2v) is 6.29. The molecule has 136 valence electrons. The molecular formula is C15H14Br2N6O3. The first-order chi connectivity index (χ1) is 12.4. The lowest BCUT2D eigenvalue weighted by molar-refractivity contribution is -0.742. The SMILES string of the molecule is N=C(N/N=C/c1ccc(Br)cc1)N/N=C/c1ccc(Br)cc1.O=[N+]([O-])O. The van der Waals surface area contributed by atoms with Crippen LogP contribution in [0.1, 0.15) is 11.1 Å². The Hall–Kier alpha value is -2.79. The zero-order valence-electron chi connectivity index (χ0n) is 13.1. The van der Waals surface area contributed by atoms with E-state index in [1.807, 2.05) is 48.5 Å². The molecule has 9 nitrogen and oxygen atoms in total. The van der Waals surface area contributed by atoms with Crippen molar-refractivity contribution in [2.24, 2.45) is 10.2 Å². The van der Waals surface area contributed by atoms with Gasteiger partial charge in [-0.25, -0.2) is 10.9 Å². The minimum absolute atomic E-state index is 0.0123. The maximum Gasteiger partial charge on any atom is 0.291 e. The van der Waals surface area contributed by atoms with E-state index >= 15 is 0 Å². The molecule has 4 N–H and O–H groups in total. The van der Waals surface area contributed by atoms with Gasteiger partial charge in [-0.1, -0.05) is 56.1 Å². The maximum absolute atomic E-state index is 8.36. The number of hydrogen-bond acceptors (Lipinski definition) is 5. The first-order valence-corrected chi connectivity index (χ1v) is 8.46. The van der Waals surface area contributed by atoms with Crippen LogP contribution in [0, 0.1) is 15.5 Å². The Balaban J connectivity index is 0.000000765. The second-order valence-electron chi connectivity index (χ2n) is 4.46. The van der Waals surface area contributed by atoms with E-state index < -0.39 is 5.09 Å². The summed E-state index contributed by atoms with van der Waals surface area (Å²) in [5.74, 6) is -0.0123. The van der Waals surface area contributed by atoms with Gasteiger partial charge in [0.1, 0.15) is 0 Å². The Morgan fingerprint density at radius 2 is 1.27 bits per heavy atom. The predicted octanol–water partition coefficient (Wildman–Crippen LogP) is 3.35. The minimum atomic E-state index is -1.50. The number of nitrogens with zero attached hydrogens (tertiary/aromatic N) is 3. The monoisotopic (exact) mass is 484 g/mol. The third-order valence-electron chi connectivity index (χ3n) is 2.52. The third-order valence-corrected chi connectivity index (χ3v) is 3.58. The lowest BCUT2D eigenvalue weighted by atomic mass is 10.2. The molecule has 0 unspecified atom stereocenters. The molecule has 0 spiro atoms. The van der Waals surface area contributed by atoms with Crippen LogP contribution < -0.4 is 10.9 Å². The highest BCUT2D eigenvalue weighted by Crippen LogP contribution is 2.09. The van der Waals surface area contributed by atoms with Crippen LogP contribution in [0.25, 0.3) is 0 Å².